The molecule has 0 heterocycles. The minimum atomic E-state index is 0.230. The van der Waals surface area contributed by atoms with Crippen molar-refractivity contribution < 1.29 is 5.21 Å². The molecule has 5 heteroatoms. The predicted molar refractivity (Wildman–Crippen MR) is 73.1 cm³/mol. The van der Waals surface area contributed by atoms with E-state index < -0.39 is 0 Å². The summed E-state index contributed by atoms with van der Waals surface area (Å²) in [7, 11) is 0. The molecule has 0 saturated heterocycles. The Morgan fingerprint density at radius 3 is 2.76 bits per heavy atom. The quantitative estimate of drug-likeness (QED) is 0.380. The lowest BCUT2D eigenvalue weighted by atomic mass is 10.2. The molecule has 0 fully saturated rings. The van der Waals surface area contributed by atoms with E-state index in [1.54, 1.807) is 0 Å². The van der Waals surface area contributed by atoms with Crippen molar-refractivity contribution in [3.63, 3.8) is 0 Å². The van der Waals surface area contributed by atoms with Crippen molar-refractivity contribution in [1.82, 2.24) is 4.90 Å². The van der Waals surface area contributed by atoms with E-state index in [2.05, 4.69) is 52.0 Å². The van der Waals surface area contributed by atoms with Crippen molar-refractivity contribution in [2.45, 2.75) is 26.4 Å². The average molecular weight is 300 g/mol. The number of hydrogen-bond donors (Lipinski definition) is 2. The second kappa shape index (κ2) is 6.61. The van der Waals surface area contributed by atoms with Crippen molar-refractivity contribution in [1.29, 1.82) is 0 Å². The lowest BCUT2D eigenvalue weighted by molar-refractivity contribution is 0.238. The molecule has 0 aromatic heterocycles. The molecule has 0 bridgehead atoms. The Balaban J connectivity index is 2.73. The van der Waals surface area contributed by atoms with E-state index in [1.165, 1.54) is 5.56 Å². The lowest BCUT2D eigenvalue weighted by Gasteiger charge is -2.25. The molecule has 0 aliphatic carbocycles. The van der Waals surface area contributed by atoms with Crippen molar-refractivity contribution in [2.75, 3.05) is 6.54 Å². The molecule has 0 saturated carbocycles. The van der Waals surface area contributed by atoms with E-state index in [1.807, 2.05) is 12.1 Å². The number of halogens is 1. The van der Waals surface area contributed by atoms with Crippen LogP contribution >= 0.6 is 15.9 Å². The molecule has 1 aromatic carbocycles. The highest BCUT2D eigenvalue weighted by atomic mass is 79.9. The standard InChI is InChI=1S/C12H18BrN3O/c1-9(2)16(8-12(14)15-17)7-10-4-3-5-11(13)6-10/h3-6,9,17H,7-8H2,1-2H3,(H2,14,15). The van der Waals surface area contributed by atoms with Crippen LogP contribution in [0, 0.1) is 0 Å². The first-order valence-corrected chi connectivity index (χ1v) is 6.27. The minimum Gasteiger partial charge on any atom is -0.409 e. The second-order valence-electron chi connectivity index (χ2n) is 4.22. The molecule has 1 aromatic rings. The fourth-order valence-electron chi connectivity index (χ4n) is 1.53. The molecule has 0 spiro atoms. The number of nitrogens with two attached hydrogens (primary N) is 1. The van der Waals surface area contributed by atoms with Gasteiger partial charge < -0.3 is 10.9 Å². The zero-order valence-electron chi connectivity index (χ0n) is 10.1. The molecular weight excluding hydrogens is 282 g/mol. The van der Waals surface area contributed by atoms with Gasteiger partial charge in [0, 0.05) is 17.1 Å². The average Bonchev–Trinajstić information content (AvgIpc) is 2.27. The normalized spacial score (nSPS) is 12.4. The summed E-state index contributed by atoms with van der Waals surface area (Å²) in [6.45, 7) is 5.40. The summed E-state index contributed by atoms with van der Waals surface area (Å²) >= 11 is 3.45. The van der Waals surface area contributed by atoms with Gasteiger partial charge in [-0.25, -0.2) is 0 Å². The SMILES string of the molecule is CC(C)N(CC(N)=NO)Cc1cccc(Br)c1. The van der Waals surface area contributed by atoms with Crippen LogP contribution in [0.3, 0.4) is 0 Å². The van der Waals surface area contributed by atoms with E-state index >= 15 is 0 Å². The first-order valence-electron chi connectivity index (χ1n) is 5.48. The summed E-state index contributed by atoms with van der Waals surface area (Å²) < 4.78 is 1.06. The van der Waals surface area contributed by atoms with Gasteiger partial charge in [-0.2, -0.15) is 0 Å². The smallest absolute Gasteiger partial charge is 0.153 e. The zero-order valence-corrected chi connectivity index (χ0v) is 11.7. The number of amidine groups is 1. The van der Waals surface area contributed by atoms with Crippen LogP contribution in [-0.4, -0.2) is 28.5 Å². The molecule has 0 amide bonds. The van der Waals surface area contributed by atoms with Crippen LogP contribution in [0.4, 0.5) is 0 Å². The molecule has 0 aliphatic heterocycles. The minimum absolute atomic E-state index is 0.230. The van der Waals surface area contributed by atoms with Gasteiger partial charge in [-0.05, 0) is 31.5 Å². The van der Waals surface area contributed by atoms with Gasteiger partial charge in [0.1, 0.15) is 0 Å². The van der Waals surface area contributed by atoms with Crippen LogP contribution in [0.15, 0.2) is 33.9 Å². The Morgan fingerprint density at radius 2 is 2.24 bits per heavy atom. The molecule has 0 radical (unpaired) electrons. The van der Waals surface area contributed by atoms with Gasteiger partial charge in [-0.1, -0.05) is 33.2 Å². The maximum Gasteiger partial charge on any atom is 0.153 e. The third kappa shape index (κ3) is 4.75. The van der Waals surface area contributed by atoms with Crippen molar-refractivity contribution in [3.8, 4) is 0 Å². The maximum absolute atomic E-state index is 8.60. The molecular formula is C12H18BrN3O. The van der Waals surface area contributed by atoms with Crippen molar-refractivity contribution in [2.24, 2.45) is 10.9 Å². The molecule has 1 rings (SSSR count). The molecule has 0 unspecified atom stereocenters. The predicted octanol–water partition coefficient (Wildman–Crippen LogP) is 2.41. The highest BCUT2D eigenvalue weighted by molar-refractivity contribution is 9.10. The third-order valence-corrected chi connectivity index (χ3v) is 2.99. The maximum atomic E-state index is 8.60. The summed E-state index contributed by atoms with van der Waals surface area (Å²) in [6, 6.07) is 8.46. The number of oxime groups is 1. The molecule has 0 atom stereocenters. The Morgan fingerprint density at radius 1 is 1.53 bits per heavy atom. The summed E-state index contributed by atoms with van der Waals surface area (Å²) in [6.07, 6.45) is 0. The van der Waals surface area contributed by atoms with Crippen LogP contribution in [0.2, 0.25) is 0 Å². The molecule has 0 aliphatic rings. The second-order valence-corrected chi connectivity index (χ2v) is 5.14. The van der Waals surface area contributed by atoms with E-state index in [-0.39, 0.29) is 5.84 Å². The molecule has 94 valence electrons. The summed E-state index contributed by atoms with van der Waals surface area (Å²) in [5, 5.41) is 11.6. The van der Waals surface area contributed by atoms with E-state index in [9.17, 15) is 0 Å². The highest BCUT2D eigenvalue weighted by Crippen LogP contribution is 2.14. The van der Waals surface area contributed by atoms with Crippen LogP contribution in [0.5, 0.6) is 0 Å². The summed E-state index contributed by atoms with van der Waals surface area (Å²) in [5.74, 6) is 0.230. The monoisotopic (exact) mass is 299 g/mol. The first-order chi connectivity index (χ1) is 8.02. The van der Waals surface area contributed by atoms with Crippen LogP contribution in [0.25, 0.3) is 0 Å². The van der Waals surface area contributed by atoms with Crippen LogP contribution in [0.1, 0.15) is 19.4 Å². The number of rotatable bonds is 5. The topological polar surface area (TPSA) is 61.8 Å². The fraction of sp³-hybridized carbons (Fsp3) is 0.417. The van der Waals surface area contributed by atoms with E-state index in [0.717, 1.165) is 11.0 Å². The van der Waals surface area contributed by atoms with Gasteiger partial charge in [0.2, 0.25) is 0 Å². The van der Waals surface area contributed by atoms with Gasteiger partial charge in [0.25, 0.3) is 0 Å². The molecule has 3 N–H and O–H groups in total. The van der Waals surface area contributed by atoms with Gasteiger partial charge in [-0.15, -0.1) is 0 Å². The molecule has 17 heavy (non-hydrogen) atoms. The van der Waals surface area contributed by atoms with Crippen LogP contribution in [-0.2, 0) is 6.54 Å². The Bertz CT molecular complexity index is 393. The fourth-order valence-corrected chi connectivity index (χ4v) is 1.98. The number of hydrogen-bond acceptors (Lipinski definition) is 3. The van der Waals surface area contributed by atoms with Gasteiger partial charge >= 0.3 is 0 Å². The van der Waals surface area contributed by atoms with Crippen molar-refractivity contribution >= 4 is 21.8 Å². The van der Waals surface area contributed by atoms with Gasteiger partial charge in [-0.3, -0.25) is 4.90 Å². The lowest BCUT2D eigenvalue weighted by Crippen LogP contribution is -2.38. The zero-order chi connectivity index (χ0) is 12.8. The summed E-state index contributed by atoms with van der Waals surface area (Å²) in [5.41, 5.74) is 6.74. The van der Waals surface area contributed by atoms with E-state index in [4.69, 9.17) is 10.9 Å². The van der Waals surface area contributed by atoms with Gasteiger partial charge in [0.15, 0.2) is 5.84 Å². The Hall–Kier alpha value is -1.07. The van der Waals surface area contributed by atoms with Crippen LogP contribution < -0.4 is 5.73 Å². The first kappa shape index (κ1) is 14.0. The summed E-state index contributed by atoms with van der Waals surface area (Å²) in [4.78, 5) is 2.14. The molecule has 4 nitrogen and oxygen atoms in total. The number of benzene rings is 1. The highest BCUT2D eigenvalue weighted by Gasteiger charge is 2.12. The number of nitrogens with zero attached hydrogens (tertiary/aromatic N) is 2. The third-order valence-electron chi connectivity index (χ3n) is 2.50. The Kier molecular flexibility index (Phi) is 5.44. The largest absolute Gasteiger partial charge is 0.409 e. The van der Waals surface area contributed by atoms with Gasteiger partial charge in [0.05, 0.1) is 6.54 Å². The Labute approximate surface area is 110 Å². The van der Waals surface area contributed by atoms with E-state index in [0.29, 0.717) is 12.6 Å². The van der Waals surface area contributed by atoms with Crippen molar-refractivity contribution in [3.05, 3.63) is 34.3 Å².